The van der Waals surface area contributed by atoms with Crippen molar-refractivity contribution in [3.8, 4) is 17.2 Å². The Labute approximate surface area is 221 Å². The third kappa shape index (κ3) is 6.41. The predicted molar refractivity (Wildman–Crippen MR) is 134 cm³/mol. The monoisotopic (exact) mass is 552 g/mol. The molecule has 0 bridgehead atoms. The van der Waals surface area contributed by atoms with Crippen LogP contribution in [0.5, 0.6) is 11.5 Å². The van der Waals surface area contributed by atoms with Gasteiger partial charge in [0.15, 0.2) is 5.69 Å². The van der Waals surface area contributed by atoms with Crippen LogP contribution in [0.1, 0.15) is 58.8 Å². The van der Waals surface area contributed by atoms with Gasteiger partial charge in [0.2, 0.25) is 0 Å². The summed E-state index contributed by atoms with van der Waals surface area (Å²) in [5.74, 6) is -3.87. The highest BCUT2D eigenvalue weighted by Crippen LogP contribution is 2.39. The molecule has 2 aromatic carbocycles. The Hall–Kier alpha value is -4.29. The quantitative estimate of drug-likeness (QED) is 0.275. The Bertz CT molecular complexity index is 1360. The molecule has 0 saturated heterocycles. The van der Waals surface area contributed by atoms with E-state index in [9.17, 15) is 27.2 Å². The highest BCUT2D eigenvalue weighted by molar-refractivity contribution is 5.97. The molecule has 0 saturated carbocycles. The van der Waals surface area contributed by atoms with E-state index in [4.69, 9.17) is 19.9 Å². The lowest BCUT2D eigenvalue weighted by Gasteiger charge is -2.15. The zero-order valence-corrected chi connectivity index (χ0v) is 21.7. The molecule has 1 atom stereocenters. The van der Waals surface area contributed by atoms with Gasteiger partial charge >= 0.3 is 12.1 Å². The van der Waals surface area contributed by atoms with Gasteiger partial charge in [0.1, 0.15) is 23.0 Å². The summed E-state index contributed by atoms with van der Waals surface area (Å²) in [5.41, 5.74) is 5.29. The largest absolute Gasteiger partial charge is 0.496 e. The number of rotatable bonds is 10. The molecule has 39 heavy (non-hydrogen) atoms. The van der Waals surface area contributed by atoms with E-state index in [-0.39, 0.29) is 48.2 Å². The molecule has 1 unspecified atom stereocenters. The number of methoxy groups -OCH3 is 1. The van der Waals surface area contributed by atoms with Gasteiger partial charge in [-0.15, -0.1) is 0 Å². The van der Waals surface area contributed by atoms with Gasteiger partial charge in [0.05, 0.1) is 43.2 Å². The predicted octanol–water partition coefficient (Wildman–Crippen LogP) is 4.77. The topological polar surface area (TPSA) is 118 Å². The minimum Gasteiger partial charge on any atom is -0.496 e. The highest BCUT2D eigenvalue weighted by atomic mass is 19.4. The molecule has 3 aromatic rings. The molecule has 0 aliphatic rings. The first kappa shape index (κ1) is 29.3. The number of hydrogen-bond acceptors (Lipinski definition) is 7. The first-order valence-electron chi connectivity index (χ1n) is 11.9. The first-order valence-corrected chi connectivity index (χ1v) is 11.9. The zero-order chi connectivity index (χ0) is 28.9. The van der Waals surface area contributed by atoms with Crippen molar-refractivity contribution < 1.29 is 41.4 Å². The third-order valence-corrected chi connectivity index (χ3v) is 5.73. The number of benzene rings is 2. The number of esters is 1. The van der Waals surface area contributed by atoms with Crippen LogP contribution in [-0.2, 0) is 11.3 Å². The molecule has 1 aromatic heterocycles. The molecule has 3 N–H and O–H groups in total. The Morgan fingerprint density at radius 3 is 2.44 bits per heavy atom. The van der Waals surface area contributed by atoms with Gasteiger partial charge in [-0.3, -0.25) is 4.79 Å². The molecular formula is C26H28F4N4O5. The lowest BCUT2D eigenvalue weighted by Crippen LogP contribution is -2.23. The number of aromatic nitrogens is 2. The van der Waals surface area contributed by atoms with E-state index < -0.39 is 41.2 Å². The summed E-state index contributed by atoms with van der Waals surface area (Å²) in [5, 5.41) is 6.69. The lowest BCUT2D eigenvalue weighted by atomic mass is 10.1. The van der Waals surface area contributed by atoms with Crippen molar-refractivity contribution in [1.82, 2.24) is 15.1 Å². The van der Waals surface area contributed by atoms with Crippen molar-refractivity contribution in [2.75, 3.05) is 26.1 Å². The van der Waals surface area contributed by atoms with Gasteiger partial charge < -0.3 is 25.3 Å². The van der Waals surface area contributed by atoms with Gasteiger partial charge in [-0.05, 0) is 56.7 Å². The molecular weight excluding hydrogens is 524 g/mol. The standard InChI is InChI=1S/C26H28F4N4O5/c1-5-38-20-11-15(13-32-24(35)17-12-16(27)8-10-19(17)37-4)7-9-18(20)34-23(25(36)39-6-2)21(31)22(33-34)14(3)26(28,29)30/h7-12,14H,5-6,13,31H2,1-4H3,(H,32,35). The normalized spacial score (nSPS) is 12.1. The number of carbonyl (C=O) groups is 2. The van der Waals surface area contributed by atoms with Gasteiger partial charge in [-0.25, -0.2) is 13.9 Å². The Morgan fingerprint density at radius 2 is 1.82 bits per heavy atom. The number of alkyl halides is 3. The van der Waals surface area contributed by atoms with Crippen LogP contribution >= 0.6 is 0 Å². The van der Waals surface area contributed by atoms with Crippen LogP contribution in [0.15, 0.2) is 36.4 Å². The van der Waals surface area contributed by atoms with Crippen molar-refractivity contribution in [3.63, 3.8) is 0 Å². The molecule has 3 rings (SSSR count). The van der Waals surface area contributed by atoms with Crippen LogP contribution in [0.2, 0.25) is 0 Å². The van der Waals surface area contributed by atoms with Crippen LogP contribution < -0.4 is 20.5 Å². The van der Waals surface area contributed by atoms with Crippen LogP contribution in [0.3, 0.4) is 0 Å². The second-order valence-electron chi connectivity index (χ2n) is 8.31. The second kappa shape index (κ2) is 12.0. The van der Waals surface area contributed by atoms with Crippen molar-refractivity contribution in [2.45, 2.75) is 39.4 Å². The first-order chi connectivity index (χ1) is 18.4. The van der Waals surface area contributed by atoms with E-state index in [0.29, 0.717) is 5.56 Å². The minimum absolute atomic E-state index is 0.00318. The van der Waals surface area contributed by atoms with E-state index in [1.54, 1.807) is 19.9 Å². The molecule has 0 radical (unpaired) electrons. The summed E-state index contributed by atoms with van der Waals surface area (Å²) in [6.45, 7) is 4.24. The molecule has 13 heteroatoms. The summed E-state index contributed by atoms with van der Waals surface area (Å²) in [4.78, 5) is 25.4. The highest BCUT2D eigenvalue weighted by Gasteiger charge is 2.42. The fourth-order valence-electron chi connectivity index (χ4n) is 3.74. The Morgan fingerprint density at radius 1 is 1.10 bits per heavy atom. The van der Waals surface area contributed by atoms with Crippen LogP contribution in [0.25, 0.3) is 5.69 Å². The van der Waals surface area contributed by atoms with Gasteiger partial charge in [0, 0.05) is 6.54 Å². The molecule has 0 fully saturated rings. The van der Waals surface area contributed by atoms with E-state index >= 15 is 0 Å². The number of carbonyl (C=O) groups excluding carboxylic acids is 2. The number of halogens is 4. The number of anilines is 1. The Balaban J connectivity index is 2.01. The lowest BCUT2D eigenvalue weighted by molar-refractivity contribution is -0.147. The number of nitrogens with zero attached hydrogens (tertiary/aromatic N) is 2. The molecule has 0 aliphatic heterocycles. The number of hydrogen-bond donors (Lipinski definition) is 2. The van der Waals surface area contributed by atoms with Crippen molar-refractivity contribution in [1.29, 1.82) is 0 Å². The minimum atomic E-state index is -4.66. The zero-order valence-electron chi connectivity index (χ0n) is 21.7. The molecule has 1 heterocycles. The average Bonchev–Trinajstić information content (AvgIpc) is 3.23. The van der Waals surface area contributed by atoms with Gasteiger partial charge in [-0.2, -0.15) is 18.3 Å². The molecule has 0 spiro atoms. The fraction of sp³-hybridized carbons (Fsp3) is 0.346. The fourth-order valence-corrected chi connectivity index (χ4v) is 3.74. The van der Waals surface area contributed by atoms with Gasteiger partial charge in [0.25, 0.3) is 5.91 Å². The number of amides is 1. The number of nitrogens with two attached hydrogens (primary N) is 1. The van der Waals surface area contributed by atoms with Crippen molar-refractivity contribution in [2.24, 2.45) is 0 Å². The van der Waals surface area contributed by atoms with E-state index in [1.165, 1.54) is 25.3 Å². The number of nitrogen functional groups attached to an aromatic ring is 1. The van der Waals surface area contributed by atoms with Crippen LogP contribution in [-0.4, -0.2) is 48.2 Å². The average molecular weight is 553 g/mol. The maximum Gasteiger partial charge on any atom is 0.397 e. The summed E-state index contributed by atoms with van der Waals surface area (Å²) < 4.78 is 70.9. The van der Waals surface area contributed by atoms with E-state index in [2.05, 4.69) is 10.4 Å². The Kier molecular flexibility index (Phi) is 9.04. The third-order valence-electron chi connectivity index (χ3n) is 5.73. The maximum atomic E-state index is 13.7. The van der Waals surface area contributed by atoms with E-state index in [1.807, 2.05) is 0 Å². The van der Waals surface area contributed by atoms with Gasteiger partial charge in [-0.1, -0.05) is 6.07 Å². The van der Waals surface area contributed by atoms with E-state index in [0.717, 1.165) is 23.7 Å². The van der Waals surface area contributed by atoms with Crippen molar-refractivity contribution >= 4 is 17.6 Å². The van der Waals surface area contributed by atoms with Crippen LogP contribution in [0.4, 0.5) is 23.2 Å². The molecule has 0 aliphatic carbocycles. The van der Waals surface area contributed by atoms with Crippen LogP contribution in [0, 0.1) is 5.82 Å². The molecule has 210 valence electrons. The number of ether oxygens (including phenoxy) is 3. The van der Waals surface area contributed by atoms with Crippen molar-refractivity contribution in [3.05, 3.63) is 64.7 Å². The smallest absolute Gasteiger partial charge is 0.397 e. The second-order valence-corrected chi connectivity index (χ2v) is 8.31. The summed E-state index contributed by atoms with van der Waals surface area (Å²) in [6, 6.07) is 8.09. The summed E-state index contributed by atoms with van der Waals surface area (Å²) in [6.07, 6.45) is -4.66. The summed E-state index contributed by atoms with van der Waals surface area (Å²) >= 11 is 0. The number of nitrogens with one attached hydrogen (secondary N) is 1. The maximum absolute atomic E-state index is 13.7. The summed E-state index contributed by atoms with van der Waals surface area (Å²) in [7, 11) is 1.35. The SMILES string of the molecule is CCOC(=O)c1c(N)c(C(C)C(F)(F)F)nn1-c1ccc(CNC(=O)c2cc(F)ccc2OC)cc1OCC. The molecule has 9 nitrogen and oxygen atoms in total. The molecule has 1 amide bonds.